The van der Waals surface area contributed by atoms with E-state index in [2.05, 4.69) is 18.8 Å². The Kier molecular flexibility index (Phi) is 3.45. The quantitative estimate of drug-likeness (QED) is 0.563. The molecule has 2 atom stereocenters. The second-order valence-electron chi connectivity index (χ2n) is 3.03. The topological polar surface area (TPSA) is 9.23 Å². The third-order valence-electron chi connectivity index (χ3n) is 2.19. The molecule has 0 saturated heterocycles. The van der Waals surface area contributed by atoms with Gasteiger partial charge in [0.25, 0.3) is 0 Å². The van der Waals surface area contributed by atoms with Crippen LogP contribution in [0.2, 0.25) is 0 Å². The molecule has 1 aliphatic carbocycles. The maximum Gasteiger partial charge on any atom is 0.0717 e. The molecule has 1 rings (SSSR count). The van der Waals surface area contributed by atoms with Gasteiger partial charge in [0.1, 0.15) is 0 Å². The summed E-state index contributed by atoms with van der Waals surface area (Å²) in [5, 5.41) is 0. The highest BCUT2D eigenvalue weighted by atomic mass is 16.5. The van der Waals surface area contributed by atoms with Crippen LogP contribution in [0.1, 0.15) is 32.6 Å². The van der Waals surface area contributed by atoms with Gasteiger partial charge in [0.05, 0.1) is 6.10 Å². The van der Waals surface area contributed by atoms with E-state index >= 15 is 0 Å². The summed E-state index contributed by atoms with van der Waals surface area (Å²) in [7, 11) is 1.79. The van der Waals surface area contributed by atoms with Crippen LogP contribution in [0.25, 0.3) is 0 Å². The molecule has 62 valence electrons. The monoisotopic (exact) mass is 152 g/mol. The molecule has 1 nitrogen and oxygen atoms in total. The van der Waals surface area contributed by atoms with Crippen molar-refractivity contribution in [3.63, 3.8) is 0 Å². The largest absolute Gasteiger partial charge is 0.380 e. The van der Waals surface area contributed by atoms with Gasteiger partial charge in [0.15, 0.2) is 0 Å². The zero-order valence-corrected chi connectivity index (χ0v) is 7.39. The molecule has 0 aromatic rings. The molecular weight excluding hydrogens is 136 g/mol. The van der Waals surface area contributed by atoms with Crippen LogP contribution in [0.15, 0.2) is 0 Å². The molecule has 1 aliphatic rings. The summed E-state index contributed by atoms with van der Waals surface area (Å²) in [4.78, 5) is 0. The minimum Gasteiger partial charge on any atom is -0.380 e. The van der Waals surface area contributed by atoms with Crippen molar-refractivity contribution in [1.82, 2.24) is 0 Å². The number of hydrogen-bond donors (Lipinski definition) is 0. The average Bonchev–Trinajstić information content (AvgIpc) is 2.06. The Morgan fingerprint density at radius 1 is 1.55 bits per heavy atom. The highest BCUT2D eigenvalue weighted by Gasteiger charge is 2.19. The summed E-state index contributed by atoms with van der Waals surface area (Å²) >= 11 is 0. The molecule has 0 spiro atoms. The van der Waals surface area contributed by atoms with Gasteiger partial charge >= 0.3 is 0 Å². The van der Waals surface area contributed by atoms with Crippen molar-refractivity contribution < 1.29 is 4.74 Å². The van der Waals surface area contributed by atoms with Gasteiger partial charge in [0, 0.05) is 19.4 Å². The van der Waals surface area contributed by atoms with Crippen LogP contribution in [0.5, 0.6) is 0 Å². The Labute approximate surface area is 69.1 Å². The number of hydrogen-bond acceptors (Lipinski definition) is 1. The van der Waals surface area contributed by atoms with Crippen molar-refractivity contribution in [1.29, 1.82) is 0 Å². The van der Waals surface area contributed by atoms with E-state index in [0.717, 1.165) is 12.8 Å². The van der Waals surface area contributed by atoms with Crippen LogP contribution >= 0.6 is 0 Å². The van der Waals surface area contributed by atoms with Crippen molar-refractivity contribution in [2.75, 3.05) is 7.11 Å². The lowest BCUT2D eigenvalue weighted by molar-refractivity contribution is 0.0602. The molecular formula is C10H16O. The lowest BCUT2D eigenvalue weighted by atomic mass is 9.91. The van der Waals surface area contributed by atoms with Gasteiger partial charge in [-0.05, 0) is 12.8 Å². The normalized spacial score (nSPS) is 29.3. The van der Waals surface area contributed by atoms with Crippen molar-refractivity contribution in [3.8, 4) is 11.8 Å². The van der Waals surface area contributed by atoms with Crippen LogP contribution in [0.4, 0.5) is 0 Å². The maximum absolute atomic E-state index is 5.35. The third kappa shape index (κ3) is 2.24. The standard InChI is InChI=1S/C10H16O/c1-3-6-9-7-4-5-8-10(9)11-2/h9-10H,3,5-6,8H2,1-2H3. The first-order chi connectivity index (χ1) is 5.38. The molecule has 2 unspecified atom stereocenters. The van der Waals surface area contributed by atoms with Crippen molar-refractivity contribution in [2.45, 2.75) is 38.7 Å². The van der Waals surface area contributed by atoms with E-state index < -0.39 is 0 Å². The van der Waals surface area contributed by atoms with Gasteiger partial charge in [-0.15, -0.1) is 5.92 Å². The summed E-state index contributed by atoms with van der Waals surface area (Å²) in [6, 6.07) is 0. The second kappa shape index (κ2) is 4.41. The van der Waals surface area contributed by atoms with Gasteiger partial charge in [0.2, 0.25) is 0 Å². The zero-order chi connectivity index (χ0) is 8.10. The average molecular weight is 152 g/mol. The molecule has 0 bridgehead atoms. The minimum atomic E-state index is 0.399. The Morgan fingerprint density at radius 3 is 3.00 bits per heavy atom. The van der Waals surface area contributed by atoms with Gasteiger partial charge in [-0.25, -0.2) is 0 Å². The SMILES string of the molecule is CCCC1C#CCCC1OC. The Hall–Kier alpha value is -0.480. The number of methoxy groups -OCH3 is 1. The summed E-state index contributed by atoms with van der Waals surface area (Å²) in [5.41, 5.74) is 0. The van der Waals surface area contributed by atoms with Gasteiger partial charge in [-0.1, -0.05) is 19.3 Å². The predicted molar refractivity (Wildman–Crippen MR) is 46.2 cm³/mol. The van der Waals surface area contributed by atoms with Crippen molar-refractivity contribution in [3.05, 3.63) is 0 Å². The first-order valence-corrected chi connectivity index (χ1v) is 4.39. The molecule has 0 amide bonds. The first kappa shape index (κ1) is 8.62. The van der Waals surface area contributed by atoms with Crippen LogP contribution in [0.3, 0.4) is 0 Å². The molecule has 0 aliphatic heterocycles. The van der Waals surface area contributed by atoms with Crippen LogP contribution in [0, 0.1) is 17.8 Å². The fourth-order valence-electron chi connectivity index (χ4n) is 1.56. The van der Waals surface area contributed by atoms with E-state index in [1.54, 1.807) is 7.11 Å². The predicted octanol–water partition coefficient (Wildman–Crippen LogP) is 2.21. The van der Waals surface area contributed by atoms with Gasteiger partial charge in [-0.3, -0.25) is 0 Å². The molecule has 0 fully saturated rings. The smallest absolute Gasteiger partial charge is 0.0717 e. The van der Waals surface area contributed by atoms with Gasteiger partial charge in [-0.2, -0.15) is 0 Å². The van der Waals surface area contributed by atoms with Crippen LogP contribution in [-0.2, 0) is 4.74 Å². The van der Waals surface area contributed by atoms with E-state index in [1.807, 2.05) is 0 Å². The number of rotatable bonds is 3. The van der Waals surface area contributed by atoms with Crippen LogP contribution < -0.4 is 0 Å². The maximum atomic E-state index is 5.35. The first-order valence-electron chi connectivity index (χ1n) is 4.39. The summed E-state index contributed by atoms with van der Waals surface area (Å²) in [5.74, 6) is 6.90. The third-order valence-corrected chi connectivity index (χ3v) is 2.19. The fourth-order valence-corrected chi connectivity index (χ4v) is 1.56. The number of ether oxygens (including phenoxy) is 1. The van der Waals surface area contributed by atoms with E-state index in [9.17, 15) is 0 Å². The summed E-state index contributed by atoms with van der Waals surface area (Å²) in [6.07, 6.45) is 4.92. The molecule has 1 heteroatoms. The lowest BCUT2D eigenvalue weighted by Gasteiger charge is -2.23. The minimum absolute atomic E-state index is 0.399. The van der Waals surface area contributed by atoms with Crippen molar-refractivity contribution in [2.24, 2.45) is 5.92 Å². The Balaban J connectivity index is 2.47. The highest BCUT2D eigenvalue weighted by molar-refractivity contribution is 5.10. The van der Waals surface area contributed by atoms with Crippen molar-refractivity contribution >= 4 is 0 Å². The highest BCUT2D eigenvalue weighted by Crippen LogP contribution is 2.20. The second-order valence-corrected chi connectivity index (χ2v) is 3.03. The zero-order valence-electron chi connectivity index (χ0n) is 7.39. The Bertz CT molecular complexity index is 163. The summed E-state index contributed by atoms with van der Waals surface area (Å²) < 4.78 is 5.35. The fraction of sp³-hybridized carbons (Fsp3) is 0.800. The molecule has 0 aromatic heterocycles. The molecule has 0 radical (unpaired) electrons. The van der Waals surface area contributed by atoms with E-state index in [0.29, 0.717) is 12.0 Å². The van der Waals surface area contributed by atoms with Gasteiger partial charge < -0.3 is 4.74 Å². The molecule has 0 heterocycles. The van der Waals surface area contributed by atoms with Crippen LogP contribution in [-0.4, -0.2) is 13.2 Å². The van der Waals surface area contributed by atoms with E-state index in [4.69, 9.17) is 4.74 Å². The molecule has 0 aromatic carbocycles. The molecule has 0 saturated carbocycles. The summed E-state index contributed by atoms with van der Waals surface area (Å²) in [6.45, 7) is 2.20. The van der Waals surface area contributed by atoms with E-state index in [1.165, 1.54) is 12.8 Å². The molecule has 0 N–H and O–H groups in total. The molecule has 11 heavy (non-hydrogen) atoms. The van der Waals surface area contributed by atoms with E-state index in [-0.39, 0.29) is 0 Å². The lowest BCUT2D eigenvalue weighted by Crippen LogP contribution is -2.23. The Morgan fingerprint density at radius 2 is 2.36 bits per heavy atom.